The Morgan fingerprint density at radius 1 is 1.41 bits per heavy atom. The first-order valence-corrected chi connectivity index (χ1v) is 7.39. The van der Waals surface area contributed by atoms with E-state index in [0.29, 0.717) is 5.56 Å². The van der Waals surface area contributed by atoms with Crippen LogP contribution in [0.4, 0.5) is 14.6 Å². The van der Waals surface area contributed by atoms with E-state index in [-0.39, 0.29) is 13.2 Å². The van der Waals surface area contributed by atoms with Crippen molar-refractivity contribution in [3.63, 3.8) is 0 Å². The van der Waals surface area contributed by atoms with Gasteiger partial charge in [0.15, 0.2) is 0 Å². The molecular formula is C15H21F2N3O2. The molecule has 2 heterocycles. The third-order valence-corrected chi connectivity index (χ3v) is 3.64. The van der Waals surface area contributed by atoms with Crippen molar-refractivity contribution in [2.75, 3.05) is 44.8 Å². The van der Waals surface area contributed by atoms with Crippen LogP contribution in [0.5, 0.6) is 0 Å². The molecule has 0 aromatic carbocycles. The zero-order valence-electron chi connectivity index (χ0n) is 12.7. The molecule has 0 spiro atoms. The average molecular weight is 313 g/mol. The smallest absolute Gasteiger partial charge is 0.255 e. The number of nitrogens with zero attached hydrogens (tertiary/aromatic N) is 3. The number of ether oxygens (including phenoxy) is 1. The van der Waals surface area contributed by atoms with Crippen LogP contribution in [0.25, 0.3) is 0 Å². The van der Waals surface area contributed by atoms with E-state index >= 15 is 0 Å². The van der Waals surface area contributed by atoms with E-state index in [9.17, 15) is 13.6 Å². The molecule has 1 aromatic heterocycles. The van der Waals surface area contributed by atoms with Gasteiger partial charge in [-0.2, -0.15) is 0 Å². The molecule has 0 saturated carbocycles. The summed E-state index contributed by atoms with van der Waals surface area (Å²) >= 11 is 0. The van der Waals surface area contributed by atoms with Gasteiger partial charge in [-0.05, 0) is 25.0 Å². The summed E-state index contributed by atoms with van der Waals surface area (Å²) < 4.78 is 30.1. The molecule has 22 heavy (non-hydrogen) atoms. The maximum absolute atomic E-state index is 12.6. The van der Waals surface area contributed by atoms with E-state index in [1.165, 1.54) is 13.3 Å². The monoisotopic (exact) mass is 313 g/mol. The maximum Gasteiger partial charge on any atom is 0.255 e. The van der Waals surface area contributed by atoms with Crippen molar-refractivity contribution in [3.8, 4) is 0 Å². The van der Waals surface area contributed by atoms with Crippen LogP contribution in [0.1, 0.15) is 23.2 Å². The molecule has 1 aromatic rings. The van der Waals surface area contributed by atoms with Gasteiger partial charge in [-0.1, -0.05) is 0 Å². The number of carbonyl (C=O) groups is 1. The number of methoxy groups -OCH3 is 1. The Morgan fingerprint density at radius 3 is 2.68 bits per heavy atom. The molecular weight excluding hydrogens is 292 g/mol. The molecule has 7 heteroatoms. The lowest BCUT2D eigenvalue weighted by Gasteiger charge is -2.22. The fourth-order valence-electron chi connectivity index (χ4n) is 2.47. The predicted octanol–water partition coefficient (Wildman–Crippen LogP) is 2.04. The highest BCUT2D eigenvalue weighted by molar-refractivity contribution is 5.94. The van der Waals surface area contributed by atoms with Crippen LogP contribution in [0.15, 0.2) is 18.3 Å². The van der Waals surface area contributed by atoms with Gasteiger partial charge in [0.2, 0.25) is 0 Å². The van der Waals surface area contributed by atoms with Gasteiger partial charge < -0.3 is 14.5 Å². The number of rotatable bonds is 7. The molecule has 0 aliphatic carbocycles. The van der Waals surface area contributed by atoms with E-state index in [1.54, 1.807) is 12.1 Å². The van der Waals surface area contributed by atoms with E-state index in [4.69, 9.17) is 4.74 Å². The van der Waals surface area contributed by atoms with Crippen LogP contribution in [0.3, 0.4) is 0 Å². The van der Waals surface area contributed by atoms with Gasteiger partial charge in [0.1, 0.15) is 5.82 Å². The molecule has 2 rings (SSSR count). The highest BCUT2D eigenvalue weighted by Gasteiger charge is 2.20. The summed E-state index contributed by atoms with van der Waals surface area (Å²) in [6.45, 7) is 1.68. The molecule has 1 fully saturated rings. The molecule has 0 atom stereocenters. The molecule has 5 nitrogen and oxygen atoms in total. The van der Waals surface area contributed by atoms with Gasteiger partial charge in [0.25, 0.3) is 12.3 Å². The van der Waals surface area contributed by atoms with Gasteiger partial charge in [-0.15, -0.1) is 0 Å². The maximum atomic E-state index is 12.6. The van der Waals surface area contributed by atoms with Crippen LogP contribution in [-0.4, -0.2) is 62.1 Å². The zero-order chi connectivity index (χ0) is 15.9. The molecule has 1 aliphatic heterocycles. The highest BCUT2D eigenvalue weighted by Crippen LogP contribution is 2.18. The van der Waals surface area contributed by atoms with Crippen LogP contribution in [0.2, 0.25) is 0 Å². The number of alkyl halides is 2. The van der Waals surface area contributed by atoms with Gasteiger partial charge in [0.05, 0.1) is 18.7 Å². The van der Waals surface area contributed by atoms with Gasteiger partial charge in [0, 0.05) is 32.9 Å². The Bertz CT molecular complexity index is 476. The predicted molar refractivity (Wildman–Crippen MR) is 79.5 cm³/mol. The minimum absolute atomic E-state index is 0.132. The first-order chi connectivity index (χ1) is 10.6. The number of hydrogen-bond acceptors (Lipinski definition) is 4. The van der Waals surface area contributed by atoms with Crippen molar-refractivity contribution in [1.29, 1.82) is 0 Å². The summed E-state index contributed by atoms with van der Waals surface area (Å²) in [6, 6.07) is 3.42. The zero-order valence-corrected chi connectivity index (χ0v) is 12.7. The number of aromatic nitrogens is 1. The van der Waals surface area contributed by atoms with Gasteiger partial charge in [-0.25, -0.2) is 13.8 Å². The fraction of sp³-hybridized carbons (Fsp3) is 0.600. The second kappa shape index (κ2) is 8.03. The van der Waals surface area contributed by atoms with E-state index in [2.05, 4.69) is 9.88 Å². The quantitative estimate of drug-likeness (QED) is 0.773. The van der Waals surface area contributed by atoms with Crippen molar-refractivity contribution in [1.82, 2.24) is 9.88 Å². The first kappa shape index (κ1) is 16.6. The summed E-state index contributed by atoms with van der Waals surface area (Å²) in [4.78, 5) is 19.8. The van der Waals surface area contributed by atoms with Crippen molar-refractivity contribution in [2.24, 2.45) is 0 Å². The summed E-state index contributed by atoms with van der Waals surface area (Å²) in [5.74, 6) is 0.379. The molecule has 1 amide bonds. The second-order valence-electron chi connectivity index (χ2n) is 5.23. The topological polar surface area (TPSA) is 45.7 Å². The van der Waals surface area contributed by atoms with Crippen LogP contribution < -0.4 is 4.90 Å². The standard InChI is InChI=1S/C15H21F2N3O2/c1-22-9-8-20(11-13(16)17)15(21)12-4-5-14(18-10-12)19-6-2-3-7-19/h4-5,10,13H,2-3,6-9,11H2,1H3. The van der Waals surface area contributed by atoms with Crippen LogP contribution in [0, 0.1) is 0 Å². The molecule has 0 N–H and O–H groups in total. The Labute approximate surface area is 128 Å². The highest BCUT2D eigenvalue weighted by atomic mass is 19.3. The summed E-state index contributed by atoms with van der Waals surface area (Å²) in [7, 11) is 1.47. The van der Waals surface area contributed by atoms with E-state index in [0.717, 1.165) is 36.6 Å². The molecule has 122 valence electrons. The minimum Gasteiger partial charge on any atom is -0.383 e. The van der Waals surface area contributed by atoms with Gasteiger partial charge >= 0.3 is 0 Å². The number of pyridine rings is 1. The SMILES string of the molecule is COCCN(CC(F)F)C(=O)c1ccc(N2CCCC2)nc1. The Kier molecular flexibility index (Phi) is 6.06. The van der Waals surface area contributed by atoms with Crippen LogP contribution >= 0.6 is 0 Å². The normalized spacial score (nSPS) is 14.6. The Balaban J connectivity index is 2.05. The third kappa shape index (κ3) is 4.37. The Morgan fingerprint density at radius 2 is 2.14 bits per heavy atom. The lowest BCUT2D eigenvalue weighted by Crippen LogP contribution is -2.37. The lowest BCUT2D eigenvalue weighted by atomic mass is 10.2. The average Bonchev–Trinajstić information content (AvgIpc) is 3.05. The second-order valence-corrected chi connectivity index (χ2v) is 5.23. The van der Waals surface area contributed by atoms with Crippen molar-refractivity contribution >= 4 is 11.7 Å². The molecule has 0 radical (unpaired) electrons. The molecule has 1 aliphatic rings. The van der Waals surface area contributed by atoms with Crippen molar-refractivity contribution < 1.29 is 18.3 Å². The minimum atomic E-state index is -2.57. The summed E-state index contributed by atoms with van der Waals surface area (Å²) in [6.07, 6.45) is 1.17. The number of anilines is 1. The summed E-state index contributed by atoms with van der Waals surface area (Å²) in [5.41, 5.74) is 0.319. The fourth-order valence-corrected chi connectivity index (χ4v) is 2.47. The van der Waals surface area contributed by atoms with Crippen molar-refractivity contribution in [2.45, 2.75) is 19.3 Å². The van der Waals surface area contributed by atoms with Crippen molar-refractivity contribution in [3.05, 3.63) is 23.9 Å². The van der Waals surface area contributed by atoms with E-state index in [1.807, 2.05) is 0 Å². The lowest BCUT2D eigenvalue weighted by molar-refractivity contribution is 0.0478. The number of hydrogen-bond donors (Lipinski definition) is 0. The largest absolute Gasteiger partial charge is 0.383 e. The third-order valence-electron chi connectivity index (χ3n) is 3.64. The number of halogens is 2. The molecule has 0 bridgehead atoms. The van der Waals surface area contributed by atoms with Gasteiger partial charge in [-0.3, -0.25) is 4.79 Å². The molecule has 1 saturated heterocycles. The first-order valence-electron chi connectivity index (χ1n) is 7.39. The number of amides is 1. The molecule has 0 unspecified atom stereocenters. The Hall–Kier alpha value is -1.76. The number of carbonyl (C=O) groups excluding carboxylic acids is 1. The van der Waals surface area contributed by atoms with E-state index < -0.39 is 18.9 Å². The summed E-state index contributed by atoms with van der Waals surface area (Å²) in [5, 5.41) is 0. The van der Waals surface area contributed by atoms with Crippen LogP contribution in [-0.2, 0) is 4.74 Å².